The van der Waals surface area contributed by atoms with E-state index in [2.05, 4.69) is 12.1 Å². The second kappa shape index (κ2) is 8.75. The third kappa shape index (κ3) is 4.62. The predicted octanol–water partition coefficient (Wildman–Crippen LogP) is 6.13. The van der Waals surface area contributed by atoms with Crippen LogP contribution in [0.1, 0.15) is 55.2 Å². The van der Waals surface area contributed by atoms with Crippen LogP contribution in [0.5, 0.6) is 5.75 Å². The summed E-state index contributed by atoms with van der Waals surface area (Å²) in [5.74, 6) is 0.295. The molecule has 1 aliphatic carbocycles. The zero-order valence-corrected chi connectivity index (χ0v) is 18.0. The summed E-state index contributed by atoms with van der Waals surface area (Å²) in [6, 6.07) is 17.8. The molecule has 3 N–H and O–H groups in total. The van der Waals surface area contributed by atoms with Crippen molar-refractivity contribution in [2.75, 3.05) is 6.61 Å². The lowest BCUT2D eigenvalue weighted by atomic mass is 9.83. The number of hydrogen-bond donors (Lipinski definition) is 2. The molecule has 1 aliphatic rings. The molecule has 170 valence electrons. The first-order valence-corrected chi connectivity index (χ1v) is 10.9. The van der Waals surface area contributed by atoms with Gasteiger partial charge in [-0.15, -0.1) is 0 Å². The van der Waals surface area contributed by atoms with Gasteiger partial charge in [0.15, 0.2) is 0 Å². The molecule has 32 heavy (non-hydrogen) atoms. The van der Waals surface area contributed by atoms with E-state index in [0.29, 0.717) is 16.9 Å². The van der Waals surface area contributed by atoms with E-state index in [0.717, 1.165) is 25.7 Å². The van der Waals surface area contributed by atoms with Crippen molar-refractivity contribution in [3.63, 3.8) is 0 Å². The molecule has 0 radical (unpaired) electrons. The number of ether oxygens (including phenoxy) is 1. The smallest absolute Gasteiger partial charge is 0.420 e. The summed E-state index contributed by atoms with van der Waals surface area (Å²) in [5, 5.41) is 9.99. The molecule has 3 nitrogen and oxygen atoms in total. The summed E-state index contributed by atoms with van der Waals surface area (Å²) in [5.41, 5.74) is 6.13. The Labute approximate surface area is 186 Å². The lowest BCUT2D eigenvalue weighted by Crippen LogP contribution is -2.36. The van der Waals surface area contributed by atoms with Crippen molar-refractivity contribution in [1.82, 2.24) is 0 Å². The minimum absolute atomic E-state index is 0.0745. The molecule has 4 rings (SSSR count). The Morgan fingerprint density at radius 3 is 2.28 bits per heavy atom. The Morgan fingerprint density at radius 1 is 0.969 bits per heavy atom. The van der Waals surface area contributed by atoms with E-state index in [1.807, 2.05) is 18.2 Å². The van der Waals surface area contributed by atoms with Gasteiger partial charge >= 0.3 is 6.18 Å². The van der Waals surface area contributed by atoms with Crippen LogP contribution in [-0.2, 0) is 11.7 Å². The second-order valence-electron chi connectivity index (χ2n) is 8.95. The van der Waals surface area contributed by atoms with Crippen molar-refractivity contribution in [2.24, 2.45) is 5.73 Å². The maximum atomic E-state index is 14.1. The highest BCUT2D eigenvalue weighted by molar-refractivity contribution is 5.89. The molecule has 3 aromatic rings. The molecule has 0 spiro atoms. The molecule has 1 saturated carbocycles. The Kier molecular flexibility index (Phi) is 6.19. The van der Waals surface area contributed by atoms with Gasteiger partial charge < -0.3 is 15.6 Å². The van der Waals surface area contributed by atoms with Crippen LogP contribution >= 0.6 is 0 Å². The average molecular weight is 444 g/mol. The zero-order chi connectivity index (χ0) is 22.9. The van der Waals surface area contributed by atoms with Crippen molar-refractivity contribution in [3.05, 3.63) is 77.4 Å². The van der Waals surface area contributed by atoms with Gasteiger partial charge in [-0.25, -0.2) is 0 Å². The standard InChI is InChI=1S/C26H28F3NO2/c1-25(30,16-31)20-10-13-22-19(15-20)9-14-23(24(22)26(27,28)29)32-21-11-7-18(8-12-21)17-5-3-2-4-6-17/h2-6,9-10,13-15,18,21,31H,7-8,11-12,16,30H2,1H3/t18?,21?,25-/m0/s1. The highest BCUT2D eigenvalue weighted by Gasteiger charge is 2.38. The number of benzene rings is 3. The van der Waals surface area contributed by atoms with E-state index in [1.54, 1.807) is 25.1 Å². The summed E-state index contributed by atoms with van der Waals surface area (Å²) in [7, 11) is 0. The number of aliphatic hydroxyl groups excluding tert-OH is 1. The third-order valence-corrected chi connectivity index (χ3v) is 6.49. The molecule has 0 amide bonds. The van der Waals surface area contributed by atoms with E-state index in [-0.39, 0.29) is 23.8 Å². The number of halogens is 3. The largest absolute Gasteiger partial charge is 0.490 e. The van der Waals surface area contributed by atoms with Crippen LogP contribution in [0.4, 0.5) is 13.2 Å². The van der Waals surface area contributed by atoms with Crippen LogP contribution in [0.15, 0.2) is 60.7 Å². The van der Waals surface area contributed by atoms with Crippen molar-refractivity contribution in [2.45, 2.75) is 56.3 Å². The molecular weight excluding hydrogens is 415 g/mol. The summed E-state index contributed by atoms with van der Waals surface area (Å²) in [6.07, 6.45) is -1.58. The third-order valence-electron chi connectivity index (χ3n) is 6.49. The lowest BCUT2D eigenvalue weighted by Gasteiger charge is -2.30. The van der Waals surface area contributed by atoms with Gasteiger partial charge in [0.25, 0.3) is 0 Å². The van der Waals surface area contributed by atoms with Crippen LogP contribution in [0.3, 0.4) is 0 Å². The van der Waals surface area contributed by atoms with Crippen molar-refractivity contribution in [1.29, 1.82) is 0 Å². The first kappa shape index (κ1) is 22.6. The highest BCUT2D eigenvalue weighted by atomic mass is 19.4. The Bertz CT molecular complexity index is 1070. The van der Waals surface area contributed by atoms with Gasteiger partial charge in [-0.05, 0) is 72.6 Å². The fourth-order valence-electron chi connectivity index (χ4n) is 4.57. The number of fused-ring (bicyclic) bond motifs is 1. The molecule has 0 aromatic heterocycles. The van der Waals surface area contributed by atoms with E-state index >= 15 is 0 Å². The van der Waals surface area contributed by atoms with Crippen LogP contribution in [0, 0.1) is 0 Å². The van der Waals surface area contributed by atoms with Gasteiger partial charge in [-0.1, -0.05) is 48.5 Å². The Balaban J connectivity index is 1.59. The average Bonchev–Trinajstić information content (AvgIpc) is 2.79. The summed E-state index contributed by atoms with van der Waals surface area (Å²) in [6.45, 7) is 1.33. The van der Waals surface area contributed by atoms with Gasteiger partial charge in [-0.3, -0.25) is 0 Å². The minimum Gasteiger partial charge on any atom is -0.490 e. The van der Waals surface area contributed by atoms with Gasteiger partial charge in [-0.2, -0.15) is 13.2 Å². The molecule has 0 heterocycles. The lowest BCUT2D eigenvalue weighted by molar-refractivity contribution is -0.138. The van der Waals surface area contributed by atoms with Crippen molar-refractivity contribution < 1.29 is 23.0 Å². The molecule has 0 saturated heterocycles. The SMILES string of the molecule is C[C@](N)(CO)c1ccc2c(C(F)(F)F)c(OC3CCC(c4ccccc4)CC3)ccc2c1. The maximum absolute atomic E-state index is 14.1. The second-order valence-corrected chi connectivity index (χ2v) is 8.95. The summed E-state index contributed by atoms with van der Waals surface area (Å²) >= 11 is 0. The van der Waals surface area contributed by atoms with Gasteiger partial charge in [0.1, 0.15) is 11.3 Å². The van der Waals surface area contributed by atoms with Crippen LogP contribution in [-0.4, -0.2) is 17.8 Å². The van der Waals surface area contributed by atoms with Crippen molar-refractivity contribution in [3.8, 4) is 5.75 Å². The van der Waals surface area contributed by atoms with E-state index in [4.69, 9.17) is 10.5 Å². The monoisotopic (exact) mass is 443 g/mol. The number of hydrogen-bond acceptors (Lipinski definition) is 3. The first-order valence-electron chi connectivity index (χ1n) is 10.9. The zero-order valence-electron chi connectivity index (χ0n) is 18.0. The number of rotatable bonds is 5. The normalized spacial score (nSPS) is 21.3. The molecule has 0 unspecified atom stereocenters. The fraction of sp³-hybridized carbons (Fsp3) is 0.385. The van der Waals surface area contributed by atoms with Gasteiger partial charge in [0.05, 0.1) is 18.2 Å². The fourth-order valence-corrected chi connectivity index (χ4v) is 4.57. The number of nitrogens with two attached hydrogens (primary N) is 1. The summed E-state index contributed by atoms with van der Waals surface area (Å²) < 4.78 is 48.2. The molecule has 1 fully saturated rings. The molecule has 6 heteroatoms. The van der Waals surface area contributed by atoms with Crippen LogP contribution < -0.4 is 10.5 Å². The Morgan fingerprint density at radius 2 is 1.66 bits per heavy atom. The predicted molar refractivity (Wildman–Crippen MR) is 120 cm³/mol. The molecule has 1 atom stereocenters. The topological polar surface area (TPSA) is 55.5 Å². The van der Waals surface area contributed by atoms with Crippen LogP contribution in [0.2, 0.25) is 0 Å². The molecule has 0 aliphatic heterocycles. The van der Waals surface area contributed by atoms with Gasteiger partial charge in [0.2, 0.25) is 0 Å². The first-order chi connectivity index (χ1) is 15.2. The maximum Gasteiger partial charge on any atom is 0.420 e. The molecule has 0 bridgehead atoms. The number of alkyl halides is 3. The van der Waals surface area contributed by atoms with E-state index < -0.39 is 17.3 Å². The van der Waals surface area contributed by atoms with Gasteiger partial charge in [0, 0.05) is 0 Å². The van der Waals surface area contributed by atoms with E-state index in [1.165, 1.54) is 17.7 Å². The molecular formula is C26H28F3NO2. The quantitative estimate of drug-likeness (QED) is 0.499. The minimum atomic E-state index is -4.55. The van der Waals surface area contributed by atoms with Crippen LogP contribution in [0.25, 0.3) is 10.8 Å². The highest BCUT2D eigenvalue weighted by Crippen LogP contribution is 2.43. The van der Waals surface area contributed by atoms with E-state index in [9.17, 15) is 18.3 Å². The molecule has 3 aromatic carbocycles. The number of aliphatic hydroxyl groups is 1. The Hall–Kier alpha value is -2.57. The van der Waals surface area contributed by atoms with Crippen molar-refractivity contribution >= 4 is 10.8 Å². The summed E-state index contributed by atoms with van der Waals surface area (Å²) in [4.78, 5) is 0.